The molecule has 3 aromatic carbocycles. The number of carbonyl (C=O) groups excluding carboxylic acids is 2. The first-order valence-corrected chi connectivity index (χ1v) is 16.6. The molecule has 2 amide bonds. The molecule has 0 spiro atoms. The highest BCUT2D eigenvalue weighted by Crippen LogP contribution is 2.69. The van der Waals surface area contributed by atoms with Crippen molar-refractivity contribution in [3.63, 3.8) is 0 Å². The van der Waals surface area contributed by atoms with Crippen molar-refractivity contribution in [2.24, 2.45) is 29.6 Å². The number of halogens is 4. The SMILES string of the molecule is O=C1C2C(C(=O)N1c1cccc(C(F)(F)F)c1)[C@@H]1C[C@H]2C2Sc3[nH]c(=O)sc3C(c3ccccc3OCc3cccc(Cl)c3)C21. The lowest BCUT2D eigenvalue weighted by atomic mass is 9.68. The van der Waals surface area contributed by atoms with Crippen LogP contribution >= 0.6 is 34.7 Å². The maximum Gasteiger partial charge on any atom is 0.416 e. The zero-order valence-electron chi connectivity index (χ0n) is 23.3. The molecule has 12 heteroatoms. The molecular formula is C33H24ClF3N2O4S2. The summed E-state index contributed by atoms with van der Waals surface area (Å²) in [7, 11) is 0. The highest BCUT2D eigenvalue weighted by atomic mass is 35.5. The number of alkyl halides is 3. The lowest BCUT2D eigenvalue weighted by Gasteiger charge is -2.43. The predicted molar refractivity (Wildman–Crippen MR) is 165 cm³/mol. The summed E-state index contributed by atoms with van der Waals surface area (Å²) in [5.41, 5.74) is 0.826. The van der Waals surface area contributed by atoms with Gasteiger partial charge in [0, 0.05) is 26.6 Å². The van der Waals surface area contributed by atoms with Gasteiger partial charge in [0.1, 0.15) is 12.4 Å². The number of rotatable bonds is 5. The summed E-state index contributed by atoms with van der Waals surface area (Å²) in [6, 6.07) is 19.5. The third-order valence-corrected chi connectivity index (χ3v) is 12.5. The maximum atomic E-state index is 14.0. The average Bonchev–Trinajstić information content (AvgIpc) is 3.74. The van der Waals surface area contributed by atoms with Crippen molar-refractivity contribution in [3.8, 4) is 5.75 Å². The van der Waals surface area contributed by atoms with Crippen molar-refractivity contribution in [3.05, 3.63) is 109 Å². The number of thiazole rings is 1. The first kappa shape index (κ1) is 28.9. The van der Waals surface area contributed by atoms with E-state index in [1.165, 1.54) is 12.1 Å². The third-order valence-electron chi connectivity index (χ3n) is 9.69. The second-order valence-corrected chi connectivity index (χ2v) is 14.6. The van der Waals surface area contributed by atoms with Crippen LogP contribution in [0.1, 0.15) is 33.9 Å². The predicted octanol–water partition coefficient (Wildman–Crippen LogP) is 7.37. The Balaban J connectivity index is 1.17. The number of carbonyl (C=O) groups is 2. The monoisotopic (exact) mass is 668 g/mol. The molecule has 1 aromatic heterocycles. The summed E-state index contributed by atoms with van der Waals surface area (Å²) in [6.07, 6.45) is -3.95. The van der Waals surface area contributed by atoms with Crippen LogP contribution in [0.4, 0.5) is 18.9 Å². The van der Waals surface area contributed by atoms with Gasteiger partial charge in [0.15, 0.2) is 0 Å². The van der Waals surface area contributed by atoms with E-state index in [-0.39, 0.29) is 46.1 Å². The van der Waals surface area contributed by atoms with Crippen molar-refractivity contribution in [2.75, 3.05) is 4.90 Å². The number of nitrogens with one attached hydrogen (secondary N) is 1. The van der Waals surface area contributed by atoms with E-state index in [0.717, 1.165) is 49.4 Å². The van der Waals surface area contributed by atoms with Crippen molar-refractivity contribution in [1.82, 2.24) is 4.98 Å². The first-order chi connectivity index (χ1) is 21.6. The largest absolute Gasteiger partial charge is 0.489 e. The number of H-pyrrole nitrogens is 1. The van der Waals surface area contributed by atoms with E-state index in [9.17, 15) is 27.6 Å². The van der Waals surface area contributed by atoms with Gasteiger partial charge in [-0.1, -0.05) is 59.3 Å². The minimum Gasteiger partial charge on any atom is -0.489 e. The quantitative estimate of drug-likeness (QED) is 0.225. The van der Waals surface area contributed by atoms with Crippen LogP contribution in [0.15, 0.2) is 82.6 Å². The molecule has 4 aromatic rings. The molecule has 7 atom stereocenters. The number of anilines is 1. The van der Waals surface area contributed by atoms with Gasteiger partial charge in [0.05, 0.1) is 28.1 Å². The molecule has 1 N–H and O–H groups in total. The smallest absolute Gasteiger partial charge is 0.416 e. The fraction of sp³-hybridized carbons (Fsp3) is 0.303. The van der Waals surface area contributed by atoms with Crippen LogP contribution in [-0.4, -0.2) is 22.0 Å². The van der Waals surface area contributed by atoms with E-state index in [1.807, 2.05) is 42.5 Å². The van der Waals surface area contributed by atoms with Crippen LogP contribution in [0, 0.1) is 29.6 Å². The number of nitrogens with zero attached hydrogens (tertiary/aromatic N) is 1. The highest BCUT2D eigenvalue weighted by molar-refractivity contribution is 8.00. The molecule has 2 aliphatic carbocycles. The number of thioether (sulfide) groups is 1. The summed E-state index contributed by atoms with van der Waals surface area (Å²) < 4.78 is 46.9. The Bertz CT molecular complexity index is 1930. The van der Waals surface area contributed by atoms with E-state index in [2.05, 4.69) is 4.98 Å². The van der Waals surface area contributed by atoms with Gasteiger partial charge in [-0.2, -0.15) is 13.2 Å². The number of hydrogen-bond acceptors (Lipinski definition) is 6. The molecule has 230 valence electrons. The van der Waals surface area contributed by atoms with Crippen LogP contribution in [0.3, 0.4) is 0 Å². The Morgan fingerprint density at radius 1 is 0.933 bits per heavy atom. The number of fused-ring (bicyclic) bond motifs is 9. The number of para-hydroxylation sites is 1. The van der Waals surface area contributed by atoms with Gasteiger partial charge in [0.2, 0.25) is 11.8 Å². The fourth-order valence-corrected chi connectivity index (χ4v) is 11.2. The van der Waals surface area contributed by atoms with Gasteiger partial charge < -0.3 is 9.72 Å². The molecule has 4 aliphatic rings. The van der Waals surface area contributed by atoms with Crippen LogP contribution in [0.5, 0.6) is 5.75 Å². The summed E-state index contributed by atoms with van der Waals surface area (Å²) in [6.45, 7) is 0.277. The lowest BCUT2D eigenvalue weighted by Crippen LogP contribution is -2.42. The lowest BCUT2D eigenvalue weighted by molar-refractivity contribution is -0.137. The molecular weight excluding hydrogens is 645 g/mol. The van der Waals surface area contributed by atoms with Crippen LogP contribution in [-0.2, 0) is 22.4 Å². The summed E-state index contributed by atoms with van der Waals surface area (Å²) in [5.74, 6) is -2.21. The third kappa shape index (κ3) is 4.57. The van der Waals surface area contributed by atoms with Crippen molar-refractivity contribution >= 4 is 52.2 Å². The second kappa shape index (κ2) is 10.5. The van der Waals surface area contributed by atoms with Gasteiger partial charge in [0.25, 0.3) is 0 Å². The summed E-state index contributed by atoms with van der Waals surface area (Å²) in [4.78, 5) is 45.2. The van der Waals surface area contributed by atoms with Gasteiger partial charge in [-0.25, -0.2) is 0 Å². The molecule has 8 rings (SSSR count). The molecule has 5 unspecified atom stereocenters. The molecule has 6 nitrogen and oxygen atoms in total. The minimum absolute atomic E-state index is 0.0519. The Labute approximate surface area is 268 Å². The van der Waals surface area contributed by atoms with Gasteiger partial charge in [-0.3, -0.25) is 19.3 Å². The minimum atomic E-state index is -4.61. The molecule has 2 bridgehead atoms. The molecule has 2 saturated carbocycles. The zero-order valence-corrected chi connectivity index (χ0v) is 25.7. The number of aromatic nitrogens is 1. The Kier molecular flexibility index (Phi) is 6.74. The molecule has 3 fully saturated rings. The molecule has 3 heterocycles. The van der Waals surface area contributed by atoms with Crippen LogP contribution in [0.2, 0.25) is 5.02 Å². The Hall–Kier alpha value is -3.54. The van der Waals surface area contributed by atoms with Crippen molar-refractivity contribution in [2.45, 2.75) is 35.4 Å². The van der Waals surface area contributed by atoms with Gasteiger partial charge >= 0.3 is 11.0 Å². The van der Waals surface area contributed by atoms with E-state index in [4.69, 9.17) is 16.3 Å². The van der Waals surface area contributed by atoms with E-state index >= 15 is 0 Å². The van der Waals surface area contributed by atoms with E-state index < -0.39 is 35.4 Å². The molecule has 0 radical (unpaired) electrons. The number of amides is 2. The number of aromatic amines is 1. The van der Waals surface area contributed by atoms with Gasteiger partial charge in [-0.15, -0.1) is 11.8 Å². The molecule has 1 saturated heterocycles. The van der Waals surface area contributed by atoms with Crippen molar-refractivity contribution < 1.29 is 27.5 Å². The zero-order chi connectivity index (χ0) is 31.2. The van der Waals surface area contributed by atoms with Crippen molar-refractivity contribution in [1.29, 1.82) is 0 Å². The van der Waals surface area contributed by atoms with E-state index in [0.29, 0.717) is 17.2 Å². The Morgan fingerprint density at radius 2 is 1.69 bits per heavy atom. The number of benzene rings is 3. The van der Waals surface area contributed by atoms with Crippen LogP contribution in [0.25, 0.3) is 0 Å². The Morgan fingerprint density at radius 3 is 2.47 bits per heavy atom. The number of hydrogen-bond donors (Lipinski definition) is 1. The normalized spacial score (nSPS) is 28.3. The summed E-state index contributed by atoms with van der Waals surface area (Å²) >= 11 is 8.88. The standard InChI is InChI=1S/C33H24ClF3N2O4S2/c34-17-7-3-5-15(11-17)14-43-22-10-2-1-9-19(22)23-24-20-13-21(27(24)44-29-28(23)45-32(42)38-29)26-25(20)30(40)39(31(26)41)18-8-4-6-16(12-18)33(35,36)37/h1-12,20-21,23-27H,13-14H2,(H,38,42)/t20-,21-,23?,24?,25?,26?,27?/m1/s1. The first-order valence-electron chi connectivity index (χ1n) is 14.5. The number of imide groups is 1. The molecule has 45 heavy (non-hydrogen) atoms. The second-order valence-electron chi connectivity index (χ2n) is 12.0. The topological polar surface area (TPSA) is 79.5 Å². The highest BCUT2D eigenvalue weighted by Gasteiger charge is 2.70. The van der Waals surface area contributed by atoms with E-state index in [1.54, 1.807) is 17.8 Å². The fourth-order valence-electron chi connectivity index (χ4n) is 8.10. The van der Waals surface area contributed by atoms with Crippen LogP contribution < -0.4 is 14.5 Å². The van der Waals surface area contributed by atoms with Gasteiger partial charge in [-0.05, 0) is 66.1 Å². The maximum absolute atomic E-state index is 14.0. The summed E-state index contributed by atoms with van der Waals surface area (Å²) in [5, 5.41) is 1.29. The average molecular weight is 669 g/mol. The number of ether oxygens (including phenoxy) is 1. The molecule has 2 aliphatic heterocycles.